The zero-order valence-electron chi connectivity index (χ0n) is 12.8. The normalized spacial score (nSPS) is 9.43. The van der Waals surface area contributed by atoms with Crippen molar-refractivity contribution in [1.29, 1.82) is 0 Å². The molecule has 0 aliphatic rings. The summed E-state index contributed by atoms with van der Waals surface area (Å²) in [6.07, 6.45) is 5.18. The lowest BCUT2D eigenvalue weighted by molar-refractivity contribution is 0.302. The summed E-state index contributed by atoms with van der Waals surface area (Å²) < 4.78 is 5.40. The van der Waals surface area contributed by atoms with E-state index in [1.807, 2.05) is 18.2 Å². The predicted molar refractivity (Wildman–Crippen MR) is 94.8 cm³/mol. The van der Waals surface area contributed by atoms with Crippen molar-refractivity contribution in [3.05, 3.63) is 29.8 Å². The molecule has 0 aromatic heterocycles. The fraction of sp³-hybridized carbons (Fsp3) is 0.500. The van der Waals surface area contributed by atoms with Gasteiger partial charge in [0.25, 0.3) is 0 Å². The molecule has 0 aliphatic heterocycles. The summed E-state index contributed by atoms with van der Waals surface area (Å²) in [5, 5.41) is 3.45. The fourth-order valence-corrected chi connectivity index (χ4v) is 1.88. The molecule has 1 N–H and O–H groups in total. The number of hydrogen-bond acceptors (Lipinski definition) is 3. The van der Waals surface area contributed by atoms with Crippen molar-refractivity contribution in [2.24, 2.45) is 0 Å². The molecule has 0 amide bonds. The lowest BCUT2D eigenvalue weighted by Crippen LogP contribution is -2.31. The van der Waals surface area contributed by atoms with Gasteiger partial charge >= 0.3 is 0 Å². The zero-order valence-corrected chi connectivity index (χ0v) is 14.4. The molecule has 1 aromatic rings. The van der Waals surface area contributed by atoms with Crippen molar-refractivity contribution in [3.63, 3.8) is 0 Å². The van der Waals surface area contributed by atoms with Crippen LogP contribution in [0.3, 0.4) is 0 Å². The quantitative estimate of drug-likeness (QED) is 0.555. The molecular weight excluding hydrogens is 307 g/mol. The molecule has 1 rings (SSSR count). The van der Waals surface area contributed by atoms with Gasteiger partial charge in [-0.3, -0.25) is 0 Å². The molecule has 0 spiro atoms. The molecule has 0 saturated heterocycles. The third kappa shape index (κ3) is 9.60. The van der Waals surface area contributed by atoms with Gasteiger partial charge in [0.2, 0.25) is 0 Å². The molecule has 120 valence electrons. The average molecular weight is 333 g/mol. The van der Waals surface area contributed by atoms with E-state index in [1.54, 1.807) is 0 Å². The van der Waals surface area contributed by atoms with Gasteiger partial charge in [-0.1, -0.05) is 31.9 Å². The largest absolute Gasteiger partial charge is 0.481 e. The van der Waals surface area contributed by atoms with Gasteiger partial charge in [-0.15, -0.1) is 31.2 Å². The van der Waals surface area contributed by atoms with E-state index < -0.39 is 0 Å². The van der Waals surface area contributed by atoms with Gasteiger partial charge in [0.1, 0.15) is 12.4 Å². The number of nitrogens with zero attached hydrogens (tertiary/aromatic N) is 1. The minimum Gasteiger partial charge on any atom is -0.481 e. The Morgan fingerprint density at radius 3 is 2.57 bits per heavy atom. The Balaban J connectivity index is 0. The molecule has 0 bridgehead atoms. The van der Waals surface area contributed by atoms with Gasteiger partial charge < -0.3 is 15.0 Å². The van der Waals surface area contributed by atoms with Crippen molar-refractivity contribution >= 4 is 24.8 Å². The second-order valence-corrected chi connectivity index (χ2v) is 4.34. The number of hydrogen-bond donors (Lipinski definition) is 1. The molecular formula is C16H26Cl2N2O. The van der Waals surface area contributed by atoms with E-state index in [-0.39, 0.29) is 24.8 Å². The van der Waals surface area contributed by atoms with Crippen LogP contribution in [-0.4, -0.2) is 37.7 Å². The first-order valence-corrected chi connectivity index (χ1v) is 6.88. The van der Waals surface area contributed by atoms with Gasteiger partial charge in [0.05, 0.1) is 0 Å². The molecule has 0 heterocycles. The Bertz CT molecular complexity index is 404. The van der Waals surface area contributed by atoms with E-state index >= 15 is 0 Å². The lowest BCUT2D eigenvalue weighted by atomic mass is 10.2. The van der Waals surface area contributed by atoms with Crippen LogP contribution in [0.4, 0.5) is 0 Å². The number of rotatable bonds is 9. The van der Waals surface area contributed by atoms with Gasteiger partial charge in [0.15, 0.2) is 0 Å². The Morgan fingerprint density at radius 1 is 1.24 bits per heavy atom. The van der Waals surface area contributed by atoms with E-state index in [9.17, 15) is 0 Å². The Labute approximate surface area is 141 Å². The van der Waals surface area contributed by atoms with Gasteiger partial charge in [-0.2, -0.15) is 0 Å². The van der Waals surface area contributed by atoms with Crippen molar-refractivity contribution in [2.45, 2.75) is 20.4 Å². The third-order valence-corrected chi connectivity index (χ3v) is 3.05. The van der Waals surface area contributed by atoms with Crippen LogP contribution in [0, 0.1) is 12.3 Å². The summed E-state index contributed by atoms with van der Waals surface area (Å²) in [6, 6.07) is 8.04. The molecule has 1 aromatic carbocycles. The van der Waals surface area contributed by atoms with E-state index in [1.165, 1.54) is 5.56 Å². The van der Waals surface area contributed by atoms with E-state index in [2.05, 4.69) is 36.1 Å². The molecule has 5 heteroatoms. The van der Waals surface area contributed by atoms with Crippen molar-refractivity contribution in [2.75, 3.05) is 32.8 Å². The van der Waals surface area contributed by atoms with Crippen LogP contribution < -0.4 is 10.1 Å². The van der Waals surface area contributed by atoms with Crippen LogP contribution in [-0.2, 0) is 6.54 Å². The minimum atomic E-state index is 0. The molecule has 3 nitrogen and oxygen atoms in total. The molecule has 0 unspecified atom stereocenters. The number of ether oxygens (including phenoxy) is 1. The van der Waals surface area contributed by atoms with Crippen molar-refractivity contribution in [1.82, 2.24) is 10.2 Å². The zero-order chi connectivity index (χ0) is 13.9. The van der Waals surface area contributed by atoms with Crippen LogP contribution in [0.25, 0.3) is 0 Å². The second-order valence-electron chi connectivity index (χ2n) is 4.34. The first kappa shape index (κ1) is 22.4. The Morgan fingerprint density at radius 2 is 1.95 bits per heavy atom. The number of benzene rings is 1. The van der Waals surface area contributed by atoms with E-state index in [0.717, 1.165) is 38.5 Å². The van der Waals surface area contributed by atoms with Gasteiger partial charge in [-0.25, -0.2) is 0 Å². The molecule has 0 radical (unpaired) electrons. The average Bonchev–Trinajstić information content (AvgIpc) is 2.46. The molecule has 0 aliphatic carbocycles. The molecule has 0 fully saturated rings. The lowest BCUT2D eigenvalue weighted by Gasteiger charge is -2.18. The summed E-state index contributed by atoms with van der Waals surface area (Å²) in [6.45, 7) is 9.84. The first-order chi connectivity index (χ1) is 9.30. The molecule has 21 heavy (non-hydrogen) atoms. The highest BCUT2D eigenvalue weighted by Crippen LogP contribution is 2.12. The van der Waals surface area contributed by atoms with Gasteiger partial charge in [0, 0.05) is 19.6 Å². The summed E-state index contributed by atoms with van der Waals surface area (Å²) in [4.78, 5) is 2.40. The Kier molecular flexibility index (Phi) is 14.9. The summed E-state index contributed by atoms with van der Waals surface area (Å²) in [5.41, 5.74) is 1.22. The minimum absolute atomic E-state index is 0. The van der Waals surface area contributed by atoms with Crippen LogP contribution >= 0.6 is 24.8 Å². The maximum atomic E-state index is 5.40. The number of terminal acetylenes is 1. The maximum absolute atomic E-state index is 5.40. The Hall–Kier alpha value is -0.920. The van der Waals surface area contributed by atoms with E-state index in [4.69, 9.17) is 11.2 Å². The summed E-state index contributed by atoms with van der Waals surface area (Å²) in [5.74, 6) is 3.30. The SMILES string of the molecule is C#CCOc1cccc(CNCCN(CC)CC)c1.Cl.Cl. The van der Waals surface area contributed by atoms with Crippen LogP contribution in [0.1, 0.15) is 19.4 Å². The smallest absolute Gasteiger partial charge is 0.148 e. The molecule has 0 saturated carbocycles. The van der Waals surface area contributed by atoms with Crippen LogP contribution in [0.5, 0.6) is 5.75 Å². The highest BCUT2D eigenvalue weighted by atomic mass is 35.5. The maximum Gasteiger partial charge on any atom is 0.148 e. The third-order valence-electron chi connectivity index (χ3n) is 3.05. The van der Waals surface area contributed by atoms with E-state index in [0.29, 0.717) is 6.61 Å². The van der Waals surface area contributed by atoms with Crippen molar-refractivity contribution in [3.8, 4) is 18.1 Å². The second kappa shape index (κ2) is 14.0. The fourth-order valence-electron chi connectivity index (χ4n) is 1.88. The number of likely N-dealkylation sites (N-methyl/N-ethyl adjacent to an activating group) is 1. The van der Waals surface area contributed by atoms with Gasteiger partial charge in [-0.05, 0) is 30.8 Å². The highest BCUT2D eigenvalue weighted by Gasteiger charge is 1.99. The monoisotopic (exact) mass is 332 g/mol. The summed E-state index contributed by atoms with van der Waals surface area (Å²) in [7, 11) is 0. The highest BCUT2D eigenvalue weighted by molar-refractivity contribution is 5.85. The summed E-state index contributed by atoms with van der Waals surface area (Å²) >= 11 is 0. The topological polar surface area (TPSA) is 24.5 Å². The van der Waals surface area contributed by atoms with Crippen LogP contribution in [0.2, 0.25) is 0 Å². The molecule has 0 atom stereocenters. The number of nitrogens with one attached hydrogen (secondary N) is 1. The number of halogens is 2. The standard InChI is InChI=1S/C16H24N2O.2ClH/c1-4-12-19-16-9-7-8-15(13-16)14-17-10-11-18(5-2)6-3;;/h1,7-9,13,17H,5-6,10-12,14H2,2-3H3;2*1H. The first-order valence-electron chi connectivity index (χ1n) is 6.88. The van der Waals surface area contributed by atoms with Crippen molar-refractivity contribution < 1.29 is 4.74 Å². The predicted octanol–water partition coefficient (Wildman–Crippen LogP) is 2.97. The van der Waals surface area contributed by atoms with Crippen LogP contribution in [0.15, 0.2) is 24.3 Å².